The Balaban J connectivity index is 0.000000184. The number of hydrogen-bond donors (Lipinski definition) is 1. The minimum absolute atomic E-state index is 0.00443. The Morgan fingerprint density at radius 2 is 0.885 bits per heavy atom. The van der Waals surface area contributed by atoms with Crippen LogP contribution in [0, 0.1) is 35.5 Å². The molecule has 7 fully saturated rings. The van der Waals surface area contributed by atoms with E-state index in [2.05, 4.69) is 11.8 Å². The summed E-state index contributed by atoms with van der Waals surface area (Å²) < 4.78 is 121. The molecule has 2 N–H and O–H groups in total. The van der Waals surface area contributed by atoms with E-state index in [1.807, 2.05) is 0 Å². The van der Waals surface area contributed by atoms with Gasteiger partial charge in [-0.1, -0.05) is 11.8 Å². The molecule has 9 aliphatic heterocycles. The van der Waals surface area contributed by atoms with Crippen LogP contribution in [0.3, 0.4) is 0 Å². The zero-order valence-corrected chi connectivity index (χ0v) is 57.4. The summed E-state index contributed by atoms with van der Waals surface area (Å²) in [5.74, 6) is 2.07. The van der Waals surface area contributed by atoms with Crippen LogP contribution in [0.15, 0.2) is 36.8 Å². The van der Waals surface area contributed by atoms with Gasteiger partial charge in [0.05, 0.1) is 76.7 Å². The normalized spacial score (nSPS) is 35.5. The minimum atomic E-state index is -3.96. The standard InChI is InChI=1S/C22H28NO9P.C21H28NO9P.C19H29N2O9P/c1-3-22(2)20-17(31-21(22)23-11-10-15(24)13-18(23)25)14-29-33(27,32-20)28-12-6-9-19(26)30-16-7-4-5-8-16;1-5-21(4)19-16(30-20(21)22-10-9-15(23)12-17(22)24)13-28-32(26,31-19)27-11-7-6-8-18(25)29-14(2)3;1-12(2)28-16(24)6-4-5-9-26-31(25)27-11-14-17(30-31)19(3,20)18(29-14)21-8-7-13(22)10-15(21)23/h1,10-11,16-17,20-21H,4-9,12-14H2,2H3;1,9-10,14,16,19-20H,6-8,11-13H2,2-4H3;7-8,12,14,17-18H,4-6,9-11,20H2,1-3H3/t17-,20-,21-,22-,33?;16-,19-,20-,21-,32+;14-,17-,18-,19-,31-/m111/s1. The van der Waals surface area contributed by atoms with E-state index < -0.39 is 113 Å². The van der Waals surface area contributed by atoms with E-state index in [9.17, 15) is 56.8 Å². The summed E-state index contributed by atoms with van der Waals surface area (Å²) in [4.78, 5) is 110. The van der Waals surface area contributed by atoms with E-state index in [1.165, 1.54) is 51.5 Å². The molecule has 10 rings (SSSR count). The predicted molar refractivity (Wildman–Crippen MR) is 330 cm³/mol. The van der Waals surface area contributed by atoms with Crippen LogP contribution in [-0.2, 0) is 126 Å². The summed E-state index contributed by atoms with van der Waals surface area (Å²) in [6, 6.07) is 0. The van der Waals surface area contributed by atoms with Crippen molar-refractivity contribution >= 4 is 76.4 Å². The van der Waals surface area contributed by atoms with Crippen molar-refractivity contribution in [1.82, 2.24) is 14.7 Å². The largest absolute Gasteiger partial charge is 0.475 e. The number of nitrogens with two attached hydrogens (primary N) is 1. The highest BCUT2D eigenvalue weighted by molar-refractivity contribution is 7.49. The summed E-state index contributed by atoms with van der Waals surface area (Å²) >= 11 is 0. The van der Waals surface area contributed by atoms with Crippen molar-refractivity contribution in [1.29, 1.82) is 0 Å². The van der Waals surface area contributed by atoms with E-state index >= 15 is 0 Å². The molecule has 31 nitrogen and oxygen atoms in total. The quantitative estimate of drug-likeness (QED) is 0.0297. The minimum Gasteiger partial charge on any atom is -0.463 e. The van der Waals surface area contributed by atoms with Crippen LogP contribution in [-0.4, -0.2) is 186 Å². The first-order chi connectivity index (χ1) is 45.3. The van der Waals surface area contributed by atoms with Crippen LogP contribution >= 0.6 is 23.5 Å². The fraction of sp³-hybridized carbons (Fsp3) is 0.694. The third-order valence-corrected chi connectivity index (χ3v) is 21.2. The van der Waals surface area contributed by atoms with Crippen LogP contribution in [0.2, 0.25) is 0 Å². The Morgan fingerprint density at radius 3 is 1.26 bits per heavy atom. The van der Waals surface area contributed by atoms with Crippen molar-refractivity contribution in [3.8, 4) is 24.7 Å². The van der Waals surface area contributed by atoms with E-state index in [0.29, 0.717) is 32.1 Å². The summed E-state index contributed by atoms with van der Waals surface area (Å²) in [5, 5.41) is 0. The van der Waals surface area contributed by atoms with Gasteiger partial charge in [0.15, 0.2) is 36.0 Å². The van der Waals surface area contributed by atoms with Gasteiger partial charge < -0.3 is 34.2 Å². The fourth-order valence-corrected chi connectivity index (χ4v) is 16.4. The van der Waals surface area contributed by atoms with Crippen LogP contribution in [0.1, 0.15) is 145 Å². The number of phosphoric ester groups is 3. The number of hydrogen-bond acceptors (Lipinski definition) is 28. The van der Waals surface area contributed by atoms with Gasteiger partial charge in [0, 0.05) is 37.9 Å². The monoisotopic (exact) mass is 1410 g/mol. The lowest BCUT2D eigenvalue weighted by Gasteiger charge is -2.38. The maximum atomic E-state index is 13.0. The van der Waals surface area contributed by atoms with Crippen molar-refractivity contribution in [3.63, 3.8) is 0 Å². The number of carbonyl (C=O) groups excluding carboxylic acids is 9. The van der Waals surface area contributed by atoms with E-state index in [1.54, 1.807) is 48.5 Å². The van der Waals surface area contributed by atoms with Crippen molar-refractivity contribution in [3.05, 3.63) is 36.8 Å². The Bertz CT molecular complexity index is 3260. The lowest BCUT2D eigenvalue weighted by molar-refractivity contribution is -0.149. The van der Waals surface area contributed by atoms with Gasteiger partial charge in [0.2, 0.25) is 17.7 Å². The first-order valence-corrected chi connectivity index (χ1v) is 36.3. The highest BCUT2D eigenvalue weighted by Crippen LogP contribution is 2.62. The molecule has 15 atom stereocenters. The molecule has 1 unspecified atom stereocenters. The molecule has 34 heteroatoms. The fourth-order valence-electron chi connectivity index (χ4n) is 11.9. The highest BCUT2D eigenvalue weighted by atomic mass is 31.2. The van der Waals surface area contributed by atoms with Gasteiger partial charge in [0.25, 0.3) is 0 Å². The van der Waals surface area contributed by atoms with E-state index in [4.69, 9.17) is 87.7 Å². The SMILES string of the molecule is C#C[C@]1(C)[C@@H]2OP(=O)(OCCCC(=O)OC3CCCC3)OC[C@H]2O[C@H]1N1C=CC(=O)CC1=O.C#C[C@]1(C)[C@@H]2O[P@@](=O)(OCCCCC(=O)OC(C)C)OC[C@H]2O[C@H]1N1C=CC(=O)CC1=O.CC(C)OC(=O)CCCCO[P@]1(=O)OC[C@H]2O[C@@H](N3C=CC(=O)CC3=O)[C@](C)(N)[C@@H]2O1. The maximum absolute atomic E-state index is 13.0. The summed E-state index contributed by atoms with van der Waals surface area (Å²) in [5.41, 5.74) is 2.87. The maximum Gasteiger partial charge on any atom is 0.475 e. The Labute approximate surface area is 556 Å². The first-order valence-electron chi connectivity index (χ1n) is 31.9. The number of ketones is 3. The predicted octanol–water partition coefficient (Wildman–Crippen LogP) is 6.21. The second kappa shape index (κ2) is 32.6. The number of ether oxygens (including phenoxy) is 6. The lowest BCUT2D eigenvalue weighted by Crippen LogP contribution is -2.60. The number of amides is 3. The van der Waals surface area contributed by atoms with Crippen LogP contribution in [0.25, 0.3) is 0 Å². The number of phosphoric acid groups is 3. The van der Waals surface area contributed by atoms with E-state index in [0.717, 1.165) is 25.7 Å². The number of fused-ring (bicyclic) bond motifs is 3. The number of esters is 3. The molecule has 10 aliphatic rings. The number of rotatable bonds is 23. The molecular formula is C62H85N4O27P3. The van der Waals surface area contributed by atoms with E-state index in [-0.39, 0.29) is 132 Å². The van der Waals surface area contributed by atoms with Gasteiger partial charge in [0.1, 0.15) is 53.6 Å². The average Bonchev–Trinajstić information content (AvgIpc) is 1.59. The number of nitrogens with zero attached hydrogens (tertiary/aromatic N) is 3. The molecule has 1 saturated carbocycles. The number of carbonyl (C=O) groups is 9. The van der Waals surface area contributed by atoms with Crippen molar-refractivity contribution < 1.29 is 126 Å². The Kier molecular flexibility index (Phi) is 25.8. The number of unbranched alkanes of at least 4 members (excludes halogenated alkanes) is 2. The molecule has 0 bridgehead atoms. The highest BCUT2D eigenvalue weighted by Gasteiger charge is 2.64. The molecule has 0 aromatic carbocycles. The van der Waals surface area contributed by atoms with Gasteiger partial charge in [-0.25, -0.2) is 13.7 Å². The molecular weight excluding hydrogens is 1330 g/mol. The third-order valence-electron chi connectivity index (χ3n) is 16.8. The van der Waals surface area contributed by atoms with Gasteiger partial charge in [-0.05, 0) is 124 Å². The Morgan fingerprint density at radius 1 is 0.542 bits per heavy atom. The molecule has 9 heterocycles. The Hall–Kier alpha value is -5.66. The molecule has 0 aromatic rings. The molecule has 3 amide bonds. The molecule has 6 saturated heterocycles. The van der Waals surface area contributed by atoms with Crippen molar-refractivity contribution in [2.24, 2.45) is 16.6 Å². The topological polar surface area (TPSA) is 379 Å². The molecule has 530 valence electrons. The number of allylic oxidation sites excluding steroid dienone is 3. The van der Waals surface area contributed by atoms with Crippen LogP contribution in [0.5, 0.6) is 0 Å². The summed E-state index contributed by atoms with van der Waals surface area (Å²) in [6.45, 7) is 11.8. The van der Waals surface area contributed by atoms with Crippen LogP contribution in [0.4, 0.5) is 0 Å². The molecule has 1 aliphatic carbocycles. The number of terminal acetylenes is 2. The van der Waals surface area contributed by atoms with Crippen molar-refractivity contribution in [2.75, 3.05) is 39.6 Å². The summed E-state index contributed by atoms with van der Waals surface area (Å²) in [6.07, 6.45) is 17.7. The molecule has 96 heavy (non-hydrogen) atoms. The third kappa shape index (κ3) is 18.8. The molecule has 0 radical (unpaired) electrons. The van der Waals surface area contributed by atoms with Gasteiger partial charge in [-0.3, -0.25) is 98.6 Å². The summed E-state index contributed by atoms with van der Waals surface area (Å²) in [7, 11) is -11.8. The zero-order chi connectivity index (χ0) is 70.0. The van der Waals surface area contributed by atoms with Gasteiger partial charge in [-0.15, -0.1) is 12.8 Å². The molecule has 0 aromatic heterocycles. The molecule has 0 spiro atoms. The first kappa shape index (κ1) is 76.1. The van der Waals surface area contributed by atoms with Gasteiger partial charge >= 0.3 is 41.4 Å². The van der Waals surface area contributed by atoms with Crippen LogP contribution < -0.4 is 5.73 Å². The average molecular weight is 1410 g/mol. The second-order valence-corrected chi connectivity index (χ2v) is 30.2. The lowest BCUT2D eigenvalue weighted by atomic mass is 9.82. The smallest absolute Gasteiger partial charge is 0.463 e. The second-order valence-electron chi connectivity index (χ2n) is 25.4. The zero-order valence-electron chi connectivity index (χ0n) is 54.7. The van der Waals surface area contributed by atoms with Gasteiger partial charge in [-0.2, -0.15) is 0 Å². The van der Waals surface area contributed by atoms with Crippen molar-refractivity contribution in [2.45, 2.75) is 224 Å².